The lowest BCUT2D eigenvalue weighted by atomic mass is 9.96. The highest BCUT2D eigenvalue weighted by molar-refractivity contribution is 7.12. The van der Waals surface area contributed by atoms with Gasteiger partial charge >= 0.3 is 0 Å². The minimum Gasteiger partial charge on any atom is -0.465 e. The number of carbonyl (C=O) groups excluding carboxylic acids is 1. The summed E-state index contributed by atoms with van der Waals surface area (Å²) in [6.07, 6.45) is 5.90. The summed E-state index contributed by atoms with van der Waals surface area (Å²) >= 11 is 1.41. The summed E-state index contributed by atoms with van der Waals surface area (Å²) in [6.45, 7) is 2.41. The van der Waals surface area contributed by atoms with Crippen molar-refractivity contribution in [2.24, 2.45) is 4.99 Å². The standard InChI is InChI=1S/C14H20N2O2S/c1-2-18-14(15-11-7-4-3-5-8-11)16-13(17)12-9-6-10-19-12/h6,9-11H,2-5,7-8H2,1H3,(H,15,16,17). The summed E-state index contributed by atoms with van der Waals surface area (Å²) in [6, 6.07) is 4.31. The molecule has 104 valence electrons. The van der Waals surface area contributed by atoms with E-state index in [1.807, 2.05) is 18.4 Å². The Bertz CT molecular complexity index is 423. The second-order valence-corrected chi connectivity index (χ2v) is 5.54. The number of amides is 1. The van der Waals surface area contributed by atoms with Crippen LogP contribution >= 0.6 is 11.3 Å². The fraction of sp³-hybridized carbons (Fsp3) is 0.571. The summed E-state index contributed by atoms with van der Waals surface area (Å²) in [5.41, 5.74) is 0. The van der Waals surface area contributed by atoms with E-state index >= 15 is 0 Å². The second kappa shape index (κ2) is 7.28. The lowest BCUT2D eigenvalue weighted by molar-refractivity contribution is 0.0970. The molecule has 4 nitrogen and oxygen atoms in total. The van der Waals surface area contributed by atoms with Crippen molar-refractivity contribution in [2.45, 2.75) is 45.1 Å². The molecule has 0 atom stereocenters. The number of hydrogen-bond acceptors (Lipinski definition) is 4. The van der Waals surface area contributed by atoms with E-state index in [-0.39, 0.29) is 5.91 Å². The first kappa shape index (κ1) is 14.1. The lowest BCUT2D eigenvalue weighted by Gasteiger charge is -2.19. The Balaban J connectivity index is 1.98. The van der Waals surface area contributed by atoms with E-state index in [2.05, 4.69) is 10.3 Å². The Morgan fingerprint density at radius 1 is 1.47 bits per heavy atom. The van der Waals surface area contributed by atoms with Gasteiger partial charge in [-0.05, 0) is 31.2 Å². The zero-order valence-electron chi connectivity index (χ0n) is 11.2. The second-order valence-electron chi connectivity index (χ2n) is 4.59. The van der Waals surface area contributed by atoms with Crippen LogP contribution in [0.25, 0.3) is 0 Å². The Hall–Kier alpha value is -1.36. The maximum atomic E-state index is 12.0. The Morgan fingerprint density at radius 3 is 2.89 bits per heavy atom. The van der Waals surface area contributed by atoms with E-state index in [1.54, 1.807) is 6.07 Å². The Morgan fingerprint density at radius 2 is 2.26 bits per heavy atom. The number of ether oxygens (including phenoxy) is 1. The number of amidine groups is 1. The summed E-state index contributed by atoms with van der Waals surface area (Å²) in [7, 11) is 0. The molecule has 1 heterocycles. The molecule has 5 heteroatoms. The zero-order chi connectivity index (χ0) is 13.5. The molecular weight excluding hydrogens is 260 g/mol. The molecule has 19 heavy (non-hydrogen) atoms. The van der Waals surface area contributed by atoms with E-state index < -0.39 is 0 Å². The van der Waals surface area contributed by atoms with Gasteiger partial charge in [0.2, 0.25) is 0 Å². The van der Waals surface area contributed by atoms with Crippen molar-refractivity contribution < 1.29 is 9.53 Å². The predicted molar refractivity (Wildman–Crippen MR) is 77.7 cm³/mol. The number of rotatable bonds is 3. The normalized spacial score (nSPS) is 17.2. The van der Waals surface area contributed by atoms with E-state index in [1.165, 1.54) is 30.6 Å². The van der Waals surface area contributed by atoms with E-state index in [9.17, 15) is 4.79 Å². The third-order valence-electron chi connectivity index (χ3n) is 3.12. The predicted octanol–water partition coefficient (Wildman–Crippen LogP) is 3.20. The fourth-order valence-corrected chi connectivity index (χ4v) is 2.80. The number of thiophene rings is 1. The molecule has 0 spiro atoms. The highest BCUT2D eigenvalue weighted by atomic mass is 32.1. The lowest BCUT2D eigenvalue weighted by Crippen LogP contribution is -2.33. The maximum absolute atomic E-state index is 12.0. The Kier molecular flexibility index (Phi) is 5.39. The summed E-state index contributed by atoms with van der Waals surface area (Å²) < 4.78 is 5.44. The average Bonchev–Trinajstić information content (AvgIpc) is 2.94. The molecule has 1 fully saturated rings. The number of carbonyl (C=O) groups is 1. The van der Waals surface area contributed by atoms with Crippen molar-refractivity contribution in [3.8, 4) is 0 Å². The first-order valence-corrected chi connectivity index (χ1v) is 7.73. The quantitative estimate of drug-likeness (QED) is 0.683. The molecule has 1 amide bonds. The highest BCUT2D eigenvalue weighted by Crippen LogP contribution is 2.20. The molecule has 1 aromatic rings. The van der Waals surface area contributed by atoms with Crippen LogP contribution in [0.5, 0.6) is 0 Å². The number of hydrogen-bond donors (Lipinski definition) is 1. The van der Waals surface area contributed by atoms with E-state index in [4.69, 9.17) is 4.74 Å². The number of aliphatic imine (C=N–C) groups is 1. The molecule has 1 N–H and O–H groups in total. The van der Waals surface area contributed by atoms with Gasteiger partial charge in [-0.1, -0.05) is 25.3 Å². The van der Waals surface area contributed by atoms with Gasteiger partial charge < -0.3 is 4.74 Å². The van der Waals surface area contributed by atoms with Gasteiger partial charge in [-0.2, -0.15) is 0 Å². The smallest absolute Gasteiger partial charge is 0.291 e. The van der Waals surface area contributed by atoms with Crippen LogP contribution in [-0.2, 0) is 4.74 Å². The highest BCUT2D eigenvalue weighted by Gasteiger charge is 2.16. The number of nitrogens with one attached hydrogen (secondary N) is 1. The fourth-order valence-electron chi connectivity index (χ4n) is 2.18. The van der Waals surface area contributed by atoms with Crippen molar-refractivity contribution in [1.82, 2.24) is 5.32 Å². The van der Waals surface area contributed by atoms with Crippen molar-refractivity contribution in [2.75, 3.05) is 6.61 Å². The maximum Gasteiger partial charge on any atom is 0.291 e. The molecule has 2 rings (SSSR count). The molecule has 0 unspecified atom stereocenters. The van der Waals surface area contributed by atoms with Gasteiger partial charge in [-0.25, -0.2) is 4.99 Å². The van der Waals surface area contributed by atoms with Gasteiger partial charge in [0.25, 0.3) is 11.9 Å². The van der Waals surface area contributed by atoms with Crippen molar-refractivity contribution in [3.05, 3.63) is 22.4 Å². The van der Waals surface area contributed by atoms with Crippen LogP contribution in [0.2, 0.25) is 0 Å². The molecule has 0 bridgehead atoms. The van der Waals surface area contributed by atoms with E-state index in [0.29, 0.717) is 23.5 Å². The molecule has 1 saturated carbocycles. The zero-order valence-corrected chi connectivity index (χ0v) is 12.0. The molecular formula is C14H20N2O2S. The van der Waals surface area contributed by atoms with Crippen LogP contribution in [0, 0.1) is 0 Å². The van der Waals surface area contributed by atoms with Crippen LogP contribution < -0.4 is 5.32 Å². The van der Waals surface area contributed by atoms with Crippen LogP contribution in [0.3, 0.4) is 0 Å². The van der Waals surface area contributed by atoms with E-state index in [0.717, 1.165) is 12.8 Å². The molecule has 0 saturated heterocycles. The third-order valence-corrected chi connectivity index (χ3v) is 3.99. The average molecular weight is 280 g/mol. The van der Waals surface area contributed by atoms with Crippen molar-refractivity contribution >= 4 is 23.3 Å². The van der Waals surface area contributed by atoms with Crippen LogP contribution in [-0.4, -0.2) is 24.6 Å². The number of nitrogens with zero attached hydrogens (tertiary/aromatic N) is 1. The molecule has 0 aliphatic heterocycles. The topological polar surface area (TPSA) is 50.7 Å². The van der Waals surface area contributed by atoms with Gasteiger partial charge in [0.1, 0.15) is 0 Å². The first-order chi connectivity index (χ1) is 9.29. The van der Waals surface area contributed by atoms with Crippen LogP contribution in [0.1, 0.15) is 48.7 Å². The third kappa shape index (κ3) is 4.35. The molecule has 0 radical (unpaired) electrons. The van der Waals surface area contributed by atoms with Crippen LogP contribution in [0.15, 0.2) is 22.5 Å². The minimum atomic E-state index is -0.141. The molecule has 0 aromatic carbocycles. The van der Waals surface area contributed by atoms with Crippen molar-refractivity contribution in [1.29, 1.82) is 0 Å². The summed E-state index contributed by atoms with van der Waals surface area (Å²) in [5, 5.41) is 4.65. The van der Waals surface area contributed by atoms with Crippen LogP contribution in [0.4, 0.5) is 0 Å². The molecule has 1 aliphatic carbocycles. The van der Waals surface area contributed by atoms with Gasteiger partial charge in [-0.3, -0.25) is 10.1 Å². The monoisotopic (exact) mass is 280 g/mol. The van der Waals surface area contributed by atoms with Crippen molar-refractivity contribution in [3.63, 3.8) is 0 Å². The molecule has 1 aliphatic rings. The largest absolute Gasteiger partial charge is 0.465 e. The van der Waals surface area contributed by atoms with Gasteiger partial charge in [0, 0.05) is 0 Å². The Labute approximate surface area is 117 Å². The SMILES string of the molecule is CCOC(=NC1CCCCC1)NC(=O)c1cccs1. The minimum absolute atomic E-state index is 0.141. The van der Waals surface area contributed by atoms with Gasteiger partial charge in [0.05, 0.1) is 17.5 Å². The summed E-state index contributed by atoms with van der Waals surface area (Å²) in [5.74, 6) is -0.141. The molecule has 1 aromatic heterocycles. The van der Waals surface area contributed by atoms with Gasteiger partial charge in [0.15, 0.2) is 0 Å². The summed E-state index contributed by atoms with van der Waals surface area (Å²) in [4.78, 5) is 17.2. The van der Waals surface area contributed by atoms with Gasteiger partial charge in [-0.15, -0.1) is 11.3 Å². The first-order valence-electron chi connectivity index (χ1n) is 6.85.